The van der Waals surface area contributed by atoms with E-state index in [9.17, 15) is 4.79 Å². The zero-order chi connectivity index (χ0) is 13.3. The molecule has 2 N–H and O–H groups in total. The molecule has 1 saturated heterocycles. The monoisotopic (exact) mass is 254 g/mol. The van der Waals surface area contributed by atoms with Gasteiger partial charge in [0.1, 0.15) is 0 Å². The van der Waals surface area contributed by atoms with E-state index in [1.807, 2.05) is 0 Å². The molecule has 0 spiro atoms. The van der Waals surface area contributed by atoms with Crippen LogP contribution in [-0.2, 0) is 4.79 Å². The van der Waals surface area contributed by atoms with Crippen LogP contribution < -0.4 is 10.6 Å². The van der Waals surface area contributed by atoms with Gasteiger partial charge in [0.05, 0.1) is 5.41 Å². The van der Waals surface area contributed by atoms with Crippen LogP contribution in [0.15, 0.2) is 0 Å². The average molecular weight is 254 g/mol. The molecule has 0 aromatic rings. The minimum Gasteiger partial charge on any atom is -0.356 e. The first-order valence-electron chi connectivity index (χ1n) is 7.74. The largest absolute Gasteiger partial charge is 0.356 e. The van der Waals surface area contributed by atoms with E-state index < -0.39 is 0 Å². The van der Waals surface area contributed by atoms with Gasteiger partial charge in [-0.15, -0.1) is 0 Å². The van der Waals surface area contributed by atoms with Crippen molar-refractivity contribution in [1.29, 1.82) is 0 Å². The van der Waals surface area contributed by atoms with Gasteiger partial charge in [0.2, 0.25) is 5.91 Å². The Kier molecular flexibility index (Phi) is 7.33. The Labute approximate surface area is 112 Å². The van der Waals surface area contributed by atoms with Crippen LogP contribution in [0.2, 0.25) is 0 Å². The summed E-state index contributed by atoms with van der Waals surface area (Å²) in [7, 11) is 0. The van der Waals surface area contributed by atoms with Gasteiger partial charge in [-0.3, -0.25) is 4.79 Å². The lowest BCUT2D eigenvalue weighted by Crippen LogP contribution is -2.50. The van der Waals surface area contributed by atoms with Crippen LogP contribution in [0.25, 0.3) is 0 Å². The summed E-state index contributed by atoms with van der Waals surface area (Å²) in [5.41, 5.74) is -0.127. The molecule has 1 aliphatic rings. The van der Waals surface area contributed by atoms with E-state index in [0.29, 0.717) is 0 Å². The van der Waals surface area contributed by atoms with Crippen molar-refractivity contribution >= 4 is 5.91 Å². The molecule has 1 aliphatic heterocycles. The van der Waals surface area contributed by atoms with Gasteiger partial charge in [-0.05, 0) is 32.2 Å². The summed E-state index contributed by atoms with van der Waals surface area (Å²) in [5.74, 6) is 0.285. The fourth-order valence-electron chi connectivity index (χ4n) is 2.91. The van der Waals surface area contributed by atoms with Crippen LogP contribution in [0.4, 0.5) is 0 Å². The first kappa shape index (κ1) is 15.5. The van der Waals surface area contributed by atoms with Crippen LogP contribution in [0.3, 0.4) is 0 Å². The highest BCUT2D eigenvalue weighted by atomic mass is 16.2. The Morgan fingerprint density at radius 2 is 2.06 bits per heavy atom. The van der Waals surface area contributed by atoms with Crippen LogP contribution in [-0.4, -0.2) is 25.5 Å². The summed E-state index contributed by atoms with van der Waals surface area (Å²) in [6.45, 7) is 7.16. The van der Waals surface area contributed by atoms with Crippen molar-refractivity contribution in [2.75, 3.05) is 19.6 Å². The van der Waals surface area contributed by atoms with E-state index in [1.165, 1.54) is 19.3 Å². The lowest BCUT2D eigenvalue weighted by atomic mass is 9.76. The normalized spacial score (nSPS) is 23.9. The molecule has 0 aromatic heterocycles. The van der Waals surface area contributed by atoms with Crippen molar-refractivity contribution in [1.82, 2.24) is 10.6 Å². The fourth-order valence-corrected chi connectivity index (χ4v) is 2.91. The van der Waals surface area contributed by atoms with Gasteiger partial charge in [-0.25, -0.2) is 0 Å². The van der Waals surface area contributed by atoms with Crippen molar-refractivity contribution in [3.05, 3.63) is 0 Å². The molecule has 0 saturated carbocycles. The number of piperidine rings is 1. The molecule has 106 valence electrons. The molecule has 0 radical (unpaired) electrons. The van der Waals surface area contributed by atoms with Gasteiger partial charge < -0.3 is 10.6 Å². The van der Waals surface area contributed by atoms with Crippen LogP contribution in [0.5, 0.6) is 0 Å². The molecular weight excluding hydrogens is 224 g/mol. The predicted octanol–water partition coefficient (Wildman–Crippen LogP) is 2.85. The Morgan fingerprint density at radius 3 is 2.67 bits per heavy atom. The molecule has 0 bridgehead atoms. The van der Waals surface area contributed by atoms with Crippen LogP contribution in [0.1, 0.15) is 65.2 Å². The van der Waals surface area contributed by atoms with Crippen molar-refractivity contribution in [3.63, 3.8) is 0 Å². The number of hydrogen-bond acceptors (Lipinski definition) is 2. The summed E-state index contributed by atoms with van der Waals surface area (Å²) >= 11 is 0. The number of nitrogens with one attached hydrogen (secondary N) is 2. The van der Waals surface area contributed by atoms with Gasteiger partial charge >= 0.3 is 0 Å². The van der Waals surface area contributed by atoms with Gasteiger partial charge in [0.15, 0.2) is 0 Å². The fraction of sp³-hybridized carbons (Fsp3) is 0.933. The van der Waals surface area contributed by atoms with E-state index in [0.717, 1.165) is 51.7 Å². The summed E-state index contributed by atoms with van der Waals surface area (Å²) in [6.07, 6.45) is 9.16. The Balaban J connectivity index is 2.35. The summed E-state index contributed by atoms with van der Waals surface area (Å²) in [6, 6.07) is 0. The minimum absolute atomic E-state index is 0.127. The molecule has 3 heteroatoms. The lowest BCUT2D eigenvalue weighted by Gasteiger charge is -2.36. The third kappa shape index (κ3) is 4.60. The smallest absolute Gasteiger partial charge is 0.227 e. The summed E-state index contributed by atoms with van der Waals surface area (Å²) in [4.78, 5) is 12.4. The Hall–Kier alpha value is -0.570. The summed E-state index contributed by atoms with van der Waals surface area (Å²) < 4.78 is 0. The molecular formula is C15H30N2O. The maximum atomic E-state index is 12.4. The standard InChI is InChI=1S/C15H30N2O/c1-3-5-6-7-12-17-14(18)15(9-4-2)10-8-11-16-13-15/h16H,3-13H2,1-2H3,(H,17,18). The molecule has 1 amide bonds. The third-order valence-corrected chi connectivity index (χ3v) is 4.00. The van der Waals surface area contributed by atoms with E-state index in [1.54, 1.807) is 0 Å². The maximum Gasteiger partial charge on any atom is 0.227 e. The number of carbonyl (C=O) groups is 1. The third-order valence-electron chi connectivity index (χ3n) is 4.00. The zero-order valence-corrected chi connectivity index (χ0v) is 12.2. The molecule has 18 heavy (non-hydrogen) atoms. The Bertz CT molecular complexity index is 229. The van der Waals surface area contributed by atoms with E-state index in [-0.39, 0.29) is 11.3 Å². The average Bonchev–Trinajstić information content (AvgIpc) is 2.39. The van der Waals surface area contributed by atoms with Crippen LogP contribution in [0, 0.1) is 5.41 Å². The number of carbonyl (C=O) groups excluding carboxylic acids is 1. The highest BCUT2D eigenvalue weighted by Gasteiger charge is 2.38. The second kappa shape index (κ2) is 8.52. The van der Waals surface area contributed by atoms with E-state index in [4.69, 9.17) is 0 Å². The van der Waals surface area contributed by atoms with Crippen molar-refractivity contribution < 1.29 is 4.79 Å². The summed E-state index contributed by atoms with van der Waals surface area (Å²) in [5, 5.41) is 6.55. The first-order chi connectivity index (χ1) is 8.75. The molecule has 3 nitrogen and oxygen atoms in total. The molecule has 0 aromatic carbocycles. The topological polar surface area (TPSA) is 41.1 Å². The van der Waals surface area contributed by atoms with Gasteiger partial charge in [-0.2, -0.15) is 0 Å². The van der Waals surface area contributed by atoms with E-state index >= 15 is 0 Å². The number of rotatable bonds is 8. The molecule has 1 unspecified atom stereocenters. The highest BCUT2D eigenvalue weighted by molar-refractivity contribution is 5.83. The Morgan fingerprint density at radius 1 is 1.22 bits per heavy atom. The molecule has 1 atom stereocenters. The number of amides is 1. The predicted molar refractivity (Wildman–Crippen MR) is 76.6 cm³/mol. The van der Waals surface area contributed by atoms with Gasteiger partial charge in [0.25, 0.3) is 0 Å². The first-order valence-corrected chi connectivity index (χ1v) is 7.74. The van der Waals surface area contributed by atoms with Gasteiger partial charge in [0, 0.05) is 13.1 Å². The minimum atomic E-state index is -0.127. The second-order valence-electron chi connectivity index (χ2n) is 5.63. The molecule has 1 fully saturated rings. The maximum absolute atomic E-state index is 12.4. The van der Waals surface area contributed by atoms with Gasteiger partial charge in [-0.1, -0.05) is 39.5 Å². The van der Waals surface area contributed by atoms with Crippen molar-refractivity contribution in [2.45, 2.75) is 65.2 Å². The quantitative estimate of drug-likeness (QED) is 0.654. The van der Waals surface area contributed by atoms with Crippen molar-refractivity contribution in [3.8, 4) is 0 Å². The van der Waals surface area contributed by atoms with Crippen LogP contribution >= 0.6 is 0 Å². The van der Waals surface area contributed by atoms with Crippen molar-refractivity contribution in [2.24, 2.45) is 5.41 Å². The SMILES string of the molecule is CCCCCCNC(=O)C1(CCC)CCCNC1. The number of hydrogen-bond donors (Lipinski definition) is 2. The zero-order valence-electron chi connectivity index (χ0n) is 12.2. The molecule has 1 heterocycles. The molecule has 0 aliphatic carbocycles. The lowest BCUT2D eigenvalue weighted by molar-refractivity contribution is -0.132. The molecule has 1 rings (SSSR count). The van der Waals surface area contributed by atoms with E-state index in [2.05, 4.69) is 24.5 Å². The second-order valence-corrected chi connectivity index (χ2v) is 5.63. The number of unbranched alkanes of at least 4 members (excludes halogenated alkanes) is 3. The highest BCUT2D eigenvalue weighted by Crippen LogP contribution is 2.31.